The van der Waals surface area contributed by atoms with Crippen molar-refractivity contribution in [3.05, 3.63) is 83.3 Å². The van der Waals surface area contributed by atoms with Gasteiger partial charge in [-0.15, -0.1) is 0 Å². The molecule has 2 aromatic carbocycles. The van der Waals surface area contributed by atoms with Crippen LogP contribution < -0.4 is 5.32 Å². The Labute approximate surface area is 172 Å². The first-order valence-electron chi connectivity index (χ1n) is 8.91. The molecule has 0 saturated carbocycles. The van der Waals surface area contributed by atoms with Crippen molar-refractivity contribution in [1.29, 1.82) is 0 Å². The molecule has 1 N–H and O–H groups in total. The monoisotopic (exact) mass is 432 g/mol. The number of rotatable bonds is 3. The summed E-state index contributed by atoms with van der Waals surface area (Å²) in [6, 6.07) is 6.55. The summed E-state index contributed by atoms with van der Waals surface area (Å²) in [6.07, 6.45) is -1.09. The van der Waals surface area contributed by atoms with Crippen LogP contribution in [0.3, 0.4) is 0 Å². The molecule has 0 fully saturated rings. The van der Waals surface area contributed by atoms with E-state index in [1.165, 1.54) is 22.9 Å². The van der Waals surface area contributed by atoms with Gasteiger partial charge in [0.1, 0.15) is 5.82 Å². The molecular formula is C21H13F5N4O. The van der Waals surface area contributed by atoms with Gasteiger partial charge in [-0.25, -0.2) is 18.7 Å². The summed E-state index contributed by atoms with van der Waals surface area (Å²) in [4.78, 5) is 20.7. The molecule has 0 atom stereocenters. The molecule has 4 rings (SSSR count). The summed E-state index contributed by atoms with van der Waals surface area (Å²) >= 11 is 0. The zero-order valence-corrected chi connectivity index (χ0v) is 15.8. The van der Waals surface area contributed by atoms with E-state index in [2.05, 4.69) is 15.3 Å². The number of aryl methyl sites for hydroxylation is 1. The number of benzene rings is 2. The lowest BCUT2D eigenvalue weighted by atomic mass is 10.0. The van der Waals surface area contributed by atoms with E-state index in [0.29, 0.717) is 35.0 Å². The van der Waals surface area contributed by atoms with Crippen molar-refractivity contribution in [3.63, 3.8) is 0 Å². The maximum absolute atomic E-state index is 13.5. The van der Waals surface area contributed by atoms with Gasteiger partial charge in [0, 0.05) is 23.6 Å². The summed E-state index contributed by atoms with van der Waals surface area (Å²) in [5, 5.41) is 2.40. The number of alkyl halides is 3. The van der Waals surface area contributed by atoms with E-state index < -0.39 is 34.8 Å². The maximum atomic E-state index is 13.5. The quantitative estimate of drug-likeness (QED) is 0.450. The van der Waals surface area contributed by atoms with Crippen molar-refractivity contribution in [3.8, 4) is 11.3 Å². The molecule has 0 aliphatic rings. The lowest BCUT2D eigenvalue weighted by Gasteiger charge is -2.14. The molecule has 2 aromatic heterocycles. The van der Waals surface area contributed by atoms with Crippen molar-refractivity contribution in [2.45, 2.75) is 13.1 Å². The average molecular weight is 432 g/mol. The summed E-state index contributed by atoms with van der Waals surface area (Å²) in [6.45, 7) is 1.65. The molecule has 0 aliphatic heterocycles. The predicted molar refractivity (Wildman–Crippen MR) is 102 cm³/mol. The van der Waals surface area contributed by atoms with Gasteiger partial charge in [0.25, 0.3) is 5.91 Å². The zero-order chi connectivity index (χ0) is 22.3. The van der Waals surface area contributed by atoms with E-state index in [1.807, 2.05) is 0 Å². The Bertz CT molecular complexity index is 1310. The number of anilines is 1. The number of halogens is 5. The Hall–Kier alpha value is -3.82. The number of carbonyl (C=O) groups is 1. The van der Waals surface area contributed by atoms with Crippen molar-refractivity contribution in [1.82, 2.24) is 14.4 Å². The van der Waals surface area contributed by atoms with Crippen molar-refractivity contribution < 1.29 is 26.7 Å². The highest BCUT2D eigenvalue weighted by atomic mass is 19.4. The van der Waals surface area contributed by atoms with E-state index >= 15 is 0 Å². The first kappa shape index (κ1) is 20.5. The van der Waals surface area contributed by atoms with Gasteiger partial charge in [0.15, 0.2) is 5.82 Å². The average Bonchev–Trinajstić information content (AvgIpc) is 3.11. The molecular weight excluding hydrogens is 419 g/mol. The van der Waals surface area contributed by atoms with Gasteiger partial charge in [-0.3, -0.25) is 9.20 Å². The third-order valence-electron chi connectivity index (χ3n) is 4.59. The molecule has 4 aromatic rings. The second-order valence-electron chi connectivity index (χ2n) is 6.78. The number of amides is 1. The topological polar surface area (TPSA) is 59.3 Å². The molecule has 5 nitrogen and oxygen atoms in total. The maximum Gasteiger partial charge on any atom is 0.417 e. The Morgan fingerprint density at radius 3 is 2.55 bits per heavy atom. The standard InChI is InChI=1S/C21H13F5N4O/c1-11-2-3-12(18-10-30-9-14(23)8-27-20(30)29-18)6-17(11)28-19(31)15-7-13(22)4-5-16(15)21(24,25)26/h2-10H,1H3,(H,28,31). The fourth-order valence-corrected chi connectivity index (χ4v) is 3.06. The van der Waals surface area contributed by atoms with E-state index in [1.54, 1.807) is 19.1 Å². The van der Waals surface area contributed by atoms with Crippen LogP contribution in [0.5, 0.6) is 0 Å². The van der Waals surface area contributed by atoms with Crippen molar-refractivity contribution in [2.75, 3.05) is 5.32 Å². The van der Waals surface area contributed by atoms with Gasteiger partial charge in [0.05, 0.1) is 23.0 Å². The van der Waals surface area contributed by atoms with E-state index in [4.69, 9.17) is 0 Å². The Morgan fingerprint density at radius 1 is 1.03 bits per heavy atom. The van der Waals surface area contributed by atoms with Gasteiger partial charge in [-0.1, -0.05) is 12.1 Å². The van der Waals surface area contributed by atoms with Crippen LogP contribution in [-0.2, 0) is 6.18 Å². The molecule has 0 bridgehead atoms. The van der Waals surface area contributed by atoms with E-state index in [0.717, 1.165) is 6.20 Å². The summed E-state index contributed by atoms with van der Waals surface area (Å²) in [7, 11) is 0. The number of hydrogen-bond acceptors (Lipinski definition) is 3. The number of nitrogens with one attached hydrogen (secondary N) is 1. The van der Waals surface area contributed by atoms with Crippen LogP contribution in [0.15, 0.2) is 55.0 Å². The van der Waals surface area contributed by atoms with Gasteiger partial charge in [-0.05, 0) is 36.8 Å². The summed E-state index contributed by atoms with van der Waals surface area (Å²) < 4.78 is 68.0. The first-order chi connectivity index (χ1) is 14.6. The Morgan fingerprint density at radius 2 is 1.81 bits per heavy atom. The van der Waals surface area contributed by atoms with Gasteiger partial charge < -0.3 is 5.32 Å². The van der Waals surface area contributed by atoms with Crippen LogP contribution in [0.25, 0.3) is 17.0 Å². The Balaban J connectivity index is 1.70. The molecule has 2 heterocycles. The van der Waals surface area contributed by atoms with Crippen LogP contribution in [0.2, 0.25) is 0 Å². The van der Waals surface area contributed by atoms with Gasteiger partial charge >= 0.3 is 6.18 Å². The van der Waals surface area contributed by atoms with Crippen molar-refractivity contribution in [2.24, 2.45) is 0 Å². The molecule has 10 heteroatoms. The summed E-state index contributed by atoms with van der Waals surface area (Å²) in [5.74, 6) is -2.38. The van der Waals surface area contributed by atoms with Crippen molar-refractivity contribution >= 4 is 17.4 Å². The lowest BCUT2D eigenvalue weighted by Crippen LogP contribution is -2.19. The molecule has 158 valence electrons. The minimum Gasteiger partial charge on any atom is -0.322 e. The van der Waals surface area contributed by atoms with Crippen LogP contribution >= 0.6 is 0 Å². The minimum absolute atomic E-state index is 0.219. The third-order valence-corrected chi connectivity index (χ3v) is 4.59. The highest BCUT2D eigenvalue weighted by Crippen LogP contribution is 2.33. The van der Waals surface area contributed by atoms with E-state index in [9.17, 15) is 26.7 Å². The molecule has 31 heavy (non-hydrogen) atoms. The molecule has 1 amide bonds. The van der Waals surface area contributed by atoms with Crippen LogP contribution in [0, 0.1) is 18.6 Å². The van der Waals surface area contributed by atoms with Gasteiger partial charge in [0.2, 0.25) is 5.78 Å². The van der Waals surface area contributed by atoms with Gasteiger partial charge in [-0.2, -0.15) is 13.2 Å². The zero-order valence-electron chi connectivity index (χ0n) is 15.8. The number of fused-ring (bicyclic) bond motifs is 1. The second kappa shape index (κ2) is 7.46. The second-order valence-corrected chi connectivity index (χ2v) is 6.78. The number of nitrogens with zero attached hydrogens (tertiary/aromatic N) is 3. The van der Waals surface area contributed by atoms with Crippen LogP contribution in [0.1, 0.15) is 21.5 Å². The fourth-order valence-electron chi connectivity index (χ4n) is 3.06. The highest BCUT2D eigenvalue weighted by Gasteiger charge is 2.35. The third kappa shape index (κ3) is 4.09. The lowest BCUT2D eigenvalue weighted by molar-refractivity contribution is -0.137. The number of aromatic nitrogens is 3. The predicted octanol–water partition coefficient (Wildman–Crippen LogP) is 5.25. The summed E-state index contributed by atoms with van der Waals surface area (Å²) in [5.41, 5.74) is -0.359. The highest BCUT2D eigenvalue weighted by molar-refractivity contribution is 6.06. The SMILES string of the molecule is Cc1ccc(-c2cn3cc(F)cnc3n2)cc1NC(=O)c1cc(F)ccc1C(F)(F)F. The molecule has 0 spiro atoms. The first-order valence-corrected chi connectivity index (χ1v) is 8.91. The number of hydrogen-bond donors (Lipinski definition) is 1. The normalized spacial score (nSPS) is 11.7. The fraction of sp³-hybridized carbons (Fsp3) is 0.0952. The Kier molecular flexibility index (Phi) is 4.92. The van der Waals surface area contributed by atoms with E-state index in [-0.39, 0.29) is 11.5 Å². The largest absolute Gasteiger partial charge is 0.417 e. The van der Waals surface area contributed by atoms with Crippen LogP contribution in [0.4, 0.5) is 27.6 Å². The minimum atomic E-state index is -4.82. The smallest absolute Gasteiger partial charge is 0.322 e. The number of carbonyl (C=O) groups excluding carboxylic acids is 1. The number of imidazole rings is 1. The molecule has 0 aliphatic carbocycles. The molecule has 0 saturated heterocycles. The molecule has 0 radical (unpaired) electrons. The van der Waals surface area contributed by atoms with Crippen LogP contribution in [-0.4, -0.2) is 20.3 Å². The molecule has 0 unspecified atom stereocenters.